The molecular formula is C22H25N3O. The Bertz CT molecular complexity index is 900. The number of fused-ring (bicyclic) bond motifs is 1. The molecule has 2 aromatic carbocycles. The predicted octanol–water partition coefficient (Wildman–Crippen LogP) is 4.35. The van der Waals surface area contributed by atoms with Crippen LogP contribution < -0.4 is 0 Å². The minimum atomic E-state index is 0.102. The van der Waals surface area contributed by atoms with Crippen molar-refractivity contribution in [2.75, 3.05) is 6.54 Å². The number of amides is 1. The maximum atomic E-state index is 12.4. The highest BCUT2D eigenvalue weighted by Crippen LogP contribution is 2.34. The third-order valence-electron chi connectivity index (χ3n) is 5.32. The van der Waals surface area contributed by atoms with Crippen molar-refractivity contribution in [1.82, 2.24) is 14.5 Å². The van der Waals surface area contributed by atoms with Gasteiger partial charge in [0, 0.05) is 19.5 Å². The molecule has 4 heteroatoms. The van der Waals surface area contributed by atoms with E-state index in [4.69, 9.17) is 4.98 Å². The predicted molar refractivity (Wildman–Crippen MR) is 104 cm³/mol. The molecule has 0 unspecified atom stereocenters. The molecule has 0 saturated carbocycles. The summed E-state index contributed by atoms with van der Waals surface area (Å²) in [5.41, 5.74) is 3.50. The van der Waals surface area contributed by atoms with Crippen LogP contribution in [0.4, 0.5) is 0 Å². The lowest BCUT2D eigenvalue weighted by Crippen LogP contribution is -2.31. The fraction of sp³-hybridized carbons (Fsp3) is 0.364. The maximum absolute atomic E-state index is 12.4. The number of rotatable bonds is 5. The highest BCUT2D eigenvalue weighted by molar-refractivity contribution is 5.78. The van der Waals surface area contributed by atoms with Crippen molar-refractivity contribution >= 4 is 16.9 Å². The van der Waals surface area contributed by atoms with Crippen molar-refractivity contribution < 1.29 is 4.79 Å². The van der Waals surface area contributed by atoms with E-state index in [9.17, 15) is 4.79 Å². The average Bonchev–Trinajstić information content (AvgIpc) is 3.31. The molecule has 3 aromatic rings. The first kappa shape index (κ1) is 16.8. The lowest BCUT2D eigenvalue weighted by atomic mass is 10.1. The standard InChI is InChI=1S/C22H25N3O/c1-2-21(26)24-15-8-13-20(24)22-23-18-11-6-7-12-19(18)25(22)16-14-17-9-4-3-5-10-17/h3-7,9-12,20H,2,8,13-16H2,1H3/t20-/m1/s1. The first-order valence-corrected chi connectivity index (χ1v) is 9.56. The first-order valence-electron chi connectivity index (χ1n) is 9.56. The van der Waals surface area contributed by atoms with Gasteiger partial charge in [-0.05, 0) is 37.0 Å². The largest absolute Gasteiger partial charge is 0.333 e. The van der Waals surface area contributed by atoms with Crippen LogP contribution in [-0.2, 0) is 17.8 Å². The molecule has 1 fully saturated rings. The second-order valence-electron chi connectivity index (χ2n) is 6.94. The van der Waals surface area contributed by atoms with Crippen LogP contribution in [-0.4, -0.2) is 26.9 Å². The molecule has 0 bridgehead atoms. The van der Waals surface area contributed by atoms with Crippen LogP contribution in [0.3, 0.4) is 0 Å². The lowest BCUT2D eigenvalue weighted by molar-refractivity contribution is -0.131. The van der Waals surface area contributed by atoms with Crippen molar-refractivity contribution in [3.63, 3.8) is 0 Å². The number of carbonyl (C=O) groups is 1. The van der Waals surface area contributed by atoms with E-state index in [1.807, 2.05) is 24.0 Å². The van der Waals surface area contributed by atoms with Gasteiger partial charge in [0.25, 0.3) is 0 Å². The molecule has 1 aromatic heterocycles. The van der Waals surface area contributed by atoms with Crippen LogP contribution >= 0.6 is 0 Å². The lowest BCUT2D eigenvalue weighted by Gasteiger charge is -2.25. The number of hydrogen-bond donors (Lipinski definition) is 0. The fourth-order valence-electron chi connectivity index (χ4n) is 4.01. The first-order chi connectivity index (χ1) is 12.8. The molecule has 0 radical (unpaired) electrons. The van der Waals surface area contributed by atoms with Crippen molar-refractivity contribution in [1.29, 1.82) is 0 Å². The van der Waals surface area contributed by atoms with E-state index in [1.54, 1.807) is 0 Å². The van der Waals surface area contributed by atoms with E-state index in [2.05, 4.69) is 47.0 Å². The summed E-state index contributed by atoms with van der Waals surface area (Å²) in [6.45, 7) is 3.67. The Kier molecular flexibility index (Phi) is 4.74. The molecular weight excluding hydrogens is 322 g/mol. The van der Waals surface area contributed by atoms with Gasteiger partial charge in [0.15, 0.2) is 0 Å². The topological polar surface area (TPSA) is 38.1 Å². The van der Waals surface area contributed by atoms with Gasteiger partial charge in [-0.3, -0.25) is 4.79 Å². The highest BCUT2D eigenvalue weighted by atomic mass is 16.2. The SMILES string of the molecule is CCC(=O)N1CCC[C@@H]1c1nc2ccccc2n1CCc1ccccc1. The van der Waals surface area contributed by atoms with Gasteiger partial charge in [-0.25, -0.2) is 4.98 Å². The summed E-state index contributed by atoms with van der Waals surface area (Å²) in [5, 5.41) is 0. The zero-order chi connectivity index (χ0) is 17.9. The summed E-state index contributed by atoms with van der Waals surface area (Å²) < 4.78 is 2.33. The molecule has 1 aliphatic rings. The molecule has 0 spiro atoms. The Morgan fingerprint density at radius 2 is 1.88 bits per heavy atom. The molecule has 0 N–H and O–H groups in total. The normalized spacial score (nSPS) is 17.1. The van der Waals surface area contributed by atoms with E-state index in [-0.39, 0.29) is 11.9 Å². The monoisotopic (exact) mass is 347 g/mol. The maximum Gasteiger partial charge on any atom is 0.222 e. The Morgan fingerprint density at radius 3 is 2.69 bits per heavy atom. The van der Waals surface area contributed by atoms with Crippen LogP contribution in [0.2, 0.25) is 0 Å². The van der Waals surface area contributed by atoms with Crippen molar-refractivity contribution in [3.05, 3.63) is 66.0 Å². The number of nitrogens with zero attached hydrogens (tertiary/aromatic N) is 3. The van der Waals surface area contributed by atoms with Crippen LogP contribution in [0.5, 0.6) is 0 Å². The second-order valence-corrected chi connectivity index (χ2v) is 6.94. The average molecular weight is 347 g/mol. The quantitative estimate of drug-likeness (QED) is 0.688. The van der Waals surface area contributed by atoms with Crippen molar-refractivity contribution in [2.24, 2.45) is 0 Å². The smallest absolute Gasteiger partial charge is 0.222 e. The summed E-state index contributed by atoms with van der Waals surface area (Å²) in [7, 11) is 0. The van der Waals surface area contributed by atoms with Gasteiger partial charge >= 0.3 is 0 Å². The van der Waals surface area contributed by atoms with E-state index in [1.165, 1.54) is 5.56 Å². The highest BCUT2D eigenvalue weighted by Gasteiger charge is 2.32. The van der Waals surface area contributed by atoms with Gasteiger partial charge in [0.2, 0.25) is 5.91 Å². The summed E-state index contributed by atoms with van der Waals surface area (Å²) in [5.74, 6) is 1.27. The Labute approximate surface area is 154 Å². The van der Waals surface area contributed by atoms with Gasteiger partial charge in [-0.1, -0.05) is 49.4 Å². The third kappa shape index (κ3) is 3.12. The second kappa shape index (κ2) is 7.32. The zero-order valence-electron chi connectivity index (χ0n) is 15.3. The molecule has 1 aliphatic heterocycles. The summed E-state index contributed by atoms with van der Waals surface area (Å²) in [4.78, 5) is 19.4. The molecule has 4 nitrogen and oxygen atoms in total. The molecule has 2 heterocycles. The number of carbonyl (C=O) groups excluding carboxylic acids is 1. The van der Waals surface area contributed by atoms with Gasteiger partial charge < -0.3 is 9.47 Å². The van der Waals surface area contributed by atoms with Gasteiger partial charge in [-0.15, -0.1) is 0 Å². The number of aryl methyl sites for hydroxylation is 2. The number of aromatic nitrogens is 2. The van der Waals surface area contributed by atoms with Crippen molar-refractivity contribution in [3.8, 4) is 0 Å². The van der Waals surface area contributed by atoms with Gasteiger partial charge in [0.1, 0.15) is 5.82 Å². The Balaban J connectivity index is 1.71. The van der Waals surface area contributed by atoms with Crippen LogP contribution in [0.25, 0.3) is 11.0 Å². The molecule has 0 aliphatic carbocycles. The number of likely N-dealkylation sites (tertiary alicyclic amines) is 1. The van der Waals surface area contributed by atoms with Crippen LogP contribution in [0.1, 0.15) is 43.6 Å². The van der Waals surface area contributed by atoms with E-state index < -0.39 is 0 Å². The molecule has 26 heavy (non-hydrogen) atoms. The molecule has 1 amide bonds. The minimum Gasteiger partial charge on any atom is -0.333 e. The number of benzene rings is 2. The molecule has 134 valence electrons. The van der Waals surface area contributed by atoms with E-state index in [0.29, 0.717) is 6.42 Å². The summed E-state index contributed by atoms with van der Waals surface area (Å²) in [6, 6.07) is 19.0. The minimum absolute atomic E-state index is 0.102. The van der Waals surface area contributed by atoms with Crippen LogP contribution in [0.15, 0.2) is 54.6 Å². The zero-order valence-corrected chi connectivity index (χ0v) is 15.3. The van der Waals surface area contributed by atoms with E-state index >= 15 is 0 Å². The molecule has 1 saturated heterocycles. The molecule has 4 rings (SSSR count). The number of para-hydroxylation sites is 2. The fourth-order valence-corrected chi connectivity index (χ4v) is 4.01. The third-order valence-corrected chi connectivity index (χ3v) is 5.32. The van der Waals surface area contributed by atoms with Crippen LogP contribution in [0, 0.1) is 0 Å². The number of hydrogen-bond acceptors (Lipinski definition) is 2. The Morgan fingerprint density at radius 1 is 1.12 bits per heavy atom. The Hall–Kier alpha value is -2.62. The summed E-state index contributed by atoms with van der Waals surface area (Å²) >= 11 is 0. The van der Waals surface area contributed by atoms with Crippen molar-refractivity contribution in [2.45, 2.75) is 45.2 Å². The number of imidazole rings is 1. The van der Waals surface area contributed by atoms with E-state index in [0.717, 1.165) is 49.2 Å². The summed E-state index contributed by atoms with van der Waals surface area (Å²) in [6.07, 6.45) is 3.57. The van der Waals surface area contributed by atoms with Gasteiger partial charge in [-0.2, -0.15) is 0 Å². The van der Waals surface area contributed by atoms with Gasteiger partial charge in [0.05, 0.1) is 17.1 Å². The molecule has 1 atom stereocenters.